The first-order valence-electron chi connectivity index (χ1n) is 5.54. The van der Waals surface area contributed by atoms with Crippen molar-refractivity contribution in [2.24, 2.45) is 0 Å². The van der Waals surface area contributed by atoms with Gasteiger partial charge in [-0.05, 0) is 19.1 Å². The van der Waals surface area contributed by atoms with E-state index in [0.29, 0.717) is 5.02 Å². The molecule has 0 bridgehead atoms. The first kappa shape index (κ1) is 10.7. The second kappa shape index (κ2) is 4.09. The summed E-state index contributed by atoms with van der Waals surface area (Å²) in [5.41, 5.74) is 0.808. The lowest BCUT2D eigenvalue weighted by molar-refractivity contribution is 0.438. The molecule has 1 aliphatic rings. The van der Waals surface area contributed by atoms with Gasteiger partial charge in [0.25, 0.3) is 0 Å². The minimum absolute atomic E-state index is 0.234. The minimum Gasteiger partial charge on any atom is -0.307 e. The van der Waals surface area contributed by atoms with Gasteiger partial charge in [0.15, 0.2) is 5.82 Å². The fourth-order valence-corrected chi connectivity index (χ4v) is 2.15. The Bertz CT molecular complexity index is 533. The zero-order valence-corrected chi connectivity index (χ0v) is 10.1. The molecule has 1 unspecified atom stereocenters. The standard InChI is InChI=1S/C11H12ClN5/c1-7-10-15-16-11(17(10)5-4-13-7)9-3-2-8(12)6-14-9/h2-3,6-7,13H,4-5H2,1H3. The molecular formula is C11H12ClN5. The Morgan fingerprint density at radius 1 is 1.41 bits per heavy atom. The number of hydrogen-bond acceptors (Lipinski definition) is 4. The van der Waals surface area contributed by atoms with Gasteiger partial charge in [-0.15, -0.1) is 10.2 Å². The number of fused-ring (bicyclic) bond motifs is 1. The first-order valence-corrected chi connectivity index (χ1v) is 5.92. The zero-order valence-electron chi connectivity index (χ0n) is 9.39. The first-order chi connectivity index (χ1) is 8.25. The van der Waals surface area contributed by atoms with Gasteiger partial charge in [0.2, 0.25) is 0 Å². The minimum atomic E-state index is 0.234. The molecule has 2 aromatic heterocycles. The predicted octanol–water partition coefficient (Wildman–Crippen LogP) is 1.66. The van der Waals surface area contributed by atoms with Gasteiger partial charge in [-0.25, -0.2) is 0 Å². The summed E-state index contributed by atoms with van der Waals surface area (Å²) in [6.07, 6.45) is 1.63. The molecule has 1 aliphatic heterocycles. The number of nitrogens with one attached hydrogen (secondary N) is 1. The number of aromatic nitrogens is 4. The van der Waals surface area contributed by atoms with Crippen molar-refractivity contribution >= 4 is 11.6 Å². The predicted molar refractivity (Wildman–Crippen MR) is 64.7 cm³/mol. The normalized spacial score (nSPS) is 19.1. The molecule has 1 N–H and O–H groups in total. The van der Waals surface area contributed by atoms with Crippen molar-refractivity contribution in [1.29, 1.82) is 0 Å². The second-order valence-electron chi connectivity index (χ2n) is 4.07. The van der Waals surface area contributed by atoms with Crippen LogP contribution >= 0.6 is 11.6 Å². The quantitative estimate of drug-likeness (QED) is 0.835. The van der Waals surface area contributed by atoms with Gasteiger partial charge >= 0.3 is 0 Å². The summed E-state index contributed by atoms with van der Waals surface area (Å²) in [5.74, 6) is 1.77. The van der Waals surface area contributed by atoms with Crippen LogP contribution in [-0.4, -0.2) is 26.3 Å². The van der Waals surface area contributed by atoms with E-state index in [0.717, 1.165) is 30.4 Å². The maximum absolute atomic E-state index is 5.82. The summed E-state index contributed by atoms with van der Waals surface area (Å²) in [6.45, 7) is 3.87. The molecule has 0 saturated heterocycles. The molecule has 2 aromatic rings. The van der Waals surface area contributed by atoms with Gasteiger partial charge < -0.3 is 9.88 Å². The fraction of sp³-hybridized carbons (Fsp3) is 0.364. The topological polar surface area (TPSA) is 55.6 Å². The van der Waals surface area contributed by atoms with Crippen LogP contribution < -0.4 is 5.32 Å². The van der Waals surface area contributed by atoms with Gasteiger partial charge in [0.05, 0.1) is 11.1 Å². The molecule has 6 heteroatoms. The highest BCUT2D eigenvalue weighted by Crippen LogP contribution is 2.22. The third-order valence-corrected chi connectivity index (χ3v) is 3.13. The molecule has 3 rings (SSSR count). The van der Waals surface area contributed by atoms with E-state index in [4.69, 9.17) is 11.6 Å². The number of pyridine rings is 1. The van der Waals surface area contributed by atoms with Gasteiger partial charge in [-0.2, -0.15) is 0 Å². The lowest BCUT2D eigenvalue weighted by Gasteiger charge is -2.21. The summed E-state index contributed by atoms with van der Waals surface area (Å²) in [6, 6.07) is 3.92. The largest absolute Gasteiger partial charge is 0.307 e. The summed E-state index contributed by atoms with van der Waals surface area (Å²) in [7, 11) is 0. The maximum Gasteiger partial charge on any atom is 0.182 e. The van der Waals surface area contributed by atoms with Gasteiger partial charge in [-0.1, -0.05) is 11.6 Å². The Labute approximate surface area is 104 Å². The molecule has 0 saturated carbocycles. The molecular weight excluding hydrogens is 238 g/mol. The van der Waals surface area contributed by atoms with Crippen LogP contribution in [0.2, 0.25) is 5.02 Å². The molecule has 0 fully saturated rings. The smallest absolute Gasteiger partial charge is 0.182 e. The van der Waals surface area contributed by atoms with Crippen LogP contribution in [0.5, 0.6) is 0 Å². The summed E-state index contributed by atoms with van der Waals surface area (Å²) in [5, 5.41) is 12.4. The molecule has 88 valence electrons. The zero-order chi connectivity index (χ0) is 11.8. The molecule has 0 spiro atoms. The second-order valence-corrected chi connectivity index (χ2v) is 4.51. The van der Waals surface area contributed by atoms with Crippen LogP contribution in [0.25, 0.3) is 11.5 Å². The van der Waals surface area contributed by atoms with E-state index in [2.05, 4.69) is 32.0 Å². The van der Waals surface area contributed by atoms with E-state index < -0.39 is 0 Å². The summed E-state index contributed by atoms with van der Waals surface area (Å²) in [4.78, 5) is 4.28. The average Bonchev–Trinajstić information content (AvgIpc) is 2.75. The monoisotopic (exact) mass is 249 g/mol. The Morgan fingerprint density at radius 3 is 3.06 bits per heavy atom. The van der Waals surface area contributed by atoms with Crippen molar-refractivity contribution < 1.29 is 0 Å². The number of halogens is 1. The van der Waals surface area contributed by atoms with Crippen molar-refractivity contribution in [1.82, 2.24) is 25.1 Å². The van der Waals surface area contributed by atoms with E-state index in [1.165, 1.54) is 0 Å². The van der Waals surface area contributed by atoms with Crippen LogP contribution in [-0.2, 0) is 6.54 Å². The lowest BCUT2D eigenvalue weighted by Crippen LogP contribution is -2.32. The van der Waals surface area contributed by atoms with Gasteiger partial charge in [-0.3, -0.25) is 4.98 Å². The van der Waals surface area contributed by atoms with Gasteiger partial charge in [0, 0.05) is 19.3 Å². The Morgan fingerprint density at radius 2 is 2.29 bits per heavy atom. The van der Waals surface area contributed by atoms with Crippen LogP contribution in [0, 0.1) is 0 Å². The van der Waals surface area contributed by atoms with E-state index in [-0.39, 0.29) is 6.04 Å². The van der Waals surface area contributed by atoms with Crippen molar-refractivity contribution in [2.75, 3.05) is 6.54 Å². The van der Waals surface area contributed by atoms with Crippen LogP contribution in [0.3, 0.4) is 0 Å². The molecule has 1 atom stereocenters. The molecule has 0 aromatic carbocycles. The third kappa shape index (κ3) is 1.81. The van der Waals surface area contributed by atoms with Crippen LogP contribution in [0.4, 0.5) is 0 Å². The van der Waals surface area contributed by atoms with Crippen LogP contribution in [0.15, 0.2) is 18.3 Å². The van der Waals surface area contributed by atoms with Crippen molar-refractivity contribution in [3.05, 3.63) is 29.2 Å². The highest BCUT2D eigenvalue weighted by Gasteiger charge is 2.22. The SMILES string of the molecule is CC1NCCn2c(-c3ccc(Cl)cn3)nnc21. The van der Waals surface area contributed by atoms with Crippen molar-refractivity contribution in [3.8, 4) is 11.5 Å². The fourth-order valence-electron chi connectivity index (χ4n) is 2.04. The maximum atomic E-state index is 5.82. The van der Waals surface area contributed by atoms with Crippen LogP contribution in [0.1, 0.15) is 18.8 Å². The highest BCUT2D eigenvalue weighted by atomic mass is 35.5. The van der Waals surface area contributed by atoms with Crippen molar-refractivity contribution in [3.63, 3.8) is 0 Å². The number of hydrogen-bond donors (Lipinski definition) is 1. The highest BCUT2D eigenvalue weighted by molar-refractivity contribution is 6.30. The Hall–Kier alpha value is -1.46. The summed E-state index contributed by atoms with van der Waals surface area (Å²) >= 11 is 5.82. The van der Waals surface area contributed by atoms with E-state index >= 15 is 0 Å². The van der Waals surface area contributed by atoms with Crippen molar-refractivity contribution in [2.45, 2.75) is 19.5 Å². The molecule has 0 amide bonds. The molecule has 3 heterocycles. The Balaban J connectivity index is 2.07. The van der Waals surface area contributed by atoms with Gasteiger partial charge in [0.1, 0.15) is 11.5 Å². The molecule has 5 nitrogen and oxygen atoms in total. The number of nitrogens with zero attached hydrogens (tertiary/aromatic N) is 4. The molecule has 0 radical (unpaired) electrons. The molecule has 17 heavy (non-hydrogen) atoms. The molecule has 0 aliphatic carbocycles. The van der Waals surface area contributed by atoms with E-state index in [1.54, 1.807) is 6.20 Å². The summed E-state index contributed by atoms with van der Waals surface area (Å²) < 4.78 is 2.11. The van der Waals surface area contributed by atoms with E-state index in [1.807, 2.05) is 12.1 Å². The average molecular weight is 250 g/mol. The lowest BCUT2D eigenvalue weighted by atomic mass is 10.2. The third-order valence-electron chi connectivity index (χ3n) is 2.91. The Kier molecular flexibility index (Phi) is 2.57. The number of rotatable bonds is 1. The van der Waals surface area contributed by atoms with E-state index in [9.17, 15) is 0 Å².